The molecule has 3 nitrogen and oxygen atoms in total. The Bertz CT molecular complexity index is 501. The molecule has 1 N–H and O–H groups in total. The summed E-state index contributed by atoms with van der Waals surface area (Å²) < 4.78 is 0. The first kappa shape index (κ1) is 16.2. The Labute approximate surface area is 132 Å². The molecular formula is C17H25N3S. The van der Waals surface area contributed by atoms with Gasteiger partial charge in [0, 0.05) is 24.0 Å². The first-order valence-corrected chi connectivity index (χ1v) is 8.75. The highest BCUT2D eigenvalue weighted by molar-refractivity contribution is 7.99. The third-order valence-electron chi connectivity index (χ3n) is 4.45. The van der Waals surface area contributed by atoms with Crippen LogP contribution < -0.4 is 10.2 Å². The third kappa shape index (κ3) is 3.72. The van der Waals surface area contributed by atoms with Gasteiger partial charge in [-0.1, -0.05) is 13.0 Å². The molecule has 0 atom stereocenters. The lowest BCUT2D eigenvalue weighted by atomic mass is 9.90. The maximum absolute atomic E-state index is 9.55. The van der Waals surface area contributed by atoms with Crippen LogP contribution in [0.4, 0.5) is 5.69 Å². The number of benzene rings is 1. The second-order valence-corrected chi connectivity index (χ2v) is 6.91. The zero-order chi connectivity index (χ0) is 15.2. The Balaban J connectivity index is 2.18. The Morgan fingerprint density at radius 1 is 1.33 bits per heavy atom. The summed E-state index contributed by atoms with van der Waals surface area (Å²) in [5.74, 6) is 0.995. The van der Waals surface area contributed by atoms with Gasteiger partial charge in [0.2, 0.25) is 0 Å². The molecule has 2 rings (SSSR count). The minimum absolute atomic E-state index is 0.545. The van der Waals surface area contributed by atoms with Gasteiger partial charge in [-0.05, 0) is 50.6 Å². The van der Waals surface area contributed by atoms with Crippen molar-refractivity contribution in [3.63, 3.8) is 0 Å². The van der Waals surface area contributed by atoms with Crippen LogP contribution in [0, 0.1) is 11.3 Å². The Kier molecular flexibility index (Phi) is 5.96. The van der Waals surface area contributed by atoms with E-state index in [1.807, 2.05) is 7.05 Å². The highest BCUT2D eigenvalue weighted by atomic mass is 32.2. The molecule has 1 aliphatic rings. The number of nitrogens with one attached hydrogen (secondary N) is 1. The average Bonchev–Trinajstić information content (AvgIpc) is 2.54. The summed E-state index contributed by atoms with van der Waals surface area (Å²) in [6.45, 7) is 2.13. The predicted molar refractivity (Wildman–Crippen MR) is 91.1 cm³/mol. The Hall–Kier alpha value is -1.18. The average molecular weight is 303 g/mol. The first-order valence-electron chi connectivity index (χ1n) is 7.77. The van der Waals surface area contributed by atoms with Gasteiger partial charge in [-0.25, -0.2) is 0 Å². The standard InChI is InChI=1S/C17H25N3S/c1-4-21-17-7-5-6-16(15(17)12-18)20(3)14-10-8-13(19-2)9-11-14/h5-7,13-14,19H,4,8-11H2,1-3H3. The van der Waals surface area contributed by atoms with Gasteiger partial charge in [-0.3, -0.25) is 0 Å². The van der Waals surface area contributed by atoms with Crippen molar-refractivity contribution >= 4 is 17.4 Å². The van der Waals surface area contributed by atoms with E-state index in [9.17, 15) is 5.26 Å². The highest BCUT2D eigenvalue weighted by Gasteiger charge is 2.25. The summed E-state index contributed by atoms with van der Waals surface area (Å²) in [7, 11) is 4.19. The molecule has 4 heteroatoms. The zero-order valence-corrected chi connectivity index (χ0v) is 14.0. The summed E-state index contributed by atoms with van der Waals surface area (Å²) >= 11 is 1.75. The van der Waals surface area contributed by atoms with Crippen molar-refractivity contribution in [1.82, 2.24) is 5.32 Å². The van der Waals surface area contributed by atoms with Gasteiger partial charge in [0.15, 0.2) is 0 Å². The summed E-state index contributed by atoms with van der Waals surface area (Å²) in [5, 5.41) is 12.9. The molecule has 0 radical (unpaired) electrons. The van der Waals surface area contributed by atoms with Crippen LogP contribution >= 0.6 is 11.8 Å². The minimum atomic E-state index is 0.545. The predicted octanol–water partition coefficient (Wildman–Crippen LogP) is 3.64. The molecular weight excluding hydrogens is 278 g/mol. The highest BCUT2D eigenvalue weighted by Crippen LogP contribution is 2.33. The Morgan fingerprint density at radius 2 is 2.05 bits per heavy atom. The summed E-state index contributed by atoms with van der Waals surface area (Å²) in [6.07, 6.45) is 4.82. The minimum Gasteiger partial charge on any atom is -0.371 e. The quantitative estimate of drug-likeness (QED) is 0.843. The van der Waals surface area contributed by atoms with Crippen molar-refractivity contribution in [3.05, 3.63) is 23.8 Å². The lowest BCUT2D eigenvalue weighted by molar-refractivity contribution is 0.351. The van der Waals surface area contributed by atoms with Gasteiger partial charge in [-0.2, -0.15) is 5.26 Å². The van der Waals surface area contributed by atoms with Crippen LogP contribution in [0.2, 0.25) is 0 Å². The molecule has 0 amide bonds. The summed E-state index contributed by atoms with van der Waals surface area (Å²) in [5.41, 5.74) is 1.92. The van der Waals surface area contributed by atoms with Crippen LogP contribution in [-0.4, -0.2) is 31.9 Å². The van der Waals surface area contributed by atoms with E-state index in [0.29, 0.717) is 12.1 Å². The maximum atomic E-state index is 9.55. The van der Waals surface area contributed by atoms with Gasteiger partial charge in [-0.15, -0.1) is 11.8 Å². The first-order chi connectivity index (χ1) is 10.2. The number of rotatable bonds is 5. The second-order valence-electron chi connectivity index (χ2n) is 5.60. The SMILES string of the molecule is CCSc1cccc(N(C)C2CCC(NC)CC2)c1C#N. The van der Waals surface area contributed by atoms with Crippen LogP contribution in [0.3, 0.4) is 0 Å². The number of anilines is 1. The fraction of sp³-hybridized carbons (Fsp3) is 0.588. The molecule has 21 heavy (non-hydrogen) atoms. The largest absolute Gasteiger partial charge is 0.371 e. The molecule has 114 valence electrons. The van der Waals surface area contributed by atoms with E-state index < -0.39 is 0 Å². The van der Waals surface area contributed by atoms with Crippen molar-refractivity contribution in [3.8, 4) is 6.07 Å². The van der Waals surface area contributed by atoms with E-state index in [2.05, 4.69) is 48.5 Å². The lowest BCUT2D eigenvalue weighted by Gasteiger charge is -2.36. The van der Waals surface area contributed by atoms with Crippen LogP contribution in [0.25, 0.3) is 0 Å². The summed E-state index contributed by atoms with van der Waals surface area (Å²) in [4.78, 5) is 3.43. The molecule has 1 aromatic carbocycles. The van der Waals surface area contributed by atoms with Gasteiger partial charge in [0.1, 0.15) is 6.07 Å². The Morgan fingerprint density at radius 3 is 2.62 bits per heavy atom. The number of hydrogen-bond donors (Lipinski definition) is 1. The number of hydrogen-bond acceptors (Lipinski definition) is 4. The molecule has 0 unspecified atom stereocenters. The molecule has 0 aromatic heterocycles. The van der Waals surface area contributed by atoms with Crippen molar-refractivity contribution in [2.24, 2.45) is 0 Å². The fourth-order valence-electron chi connectivity index (χ4n) is 3.15. The van der Waals surface area contributed by atoms with Crippen molar-refractivity contribution in [2.45, 2.75) is 49.6 Å². The molecule has 0 heterocycles. The number of nitriles is 1. The van der Waals surface area contributed by atoms with Gasteiger partial charge < -0.3 is 10.2 Å². The zero-order valence-electron chi connectivity index (χ0n) is 13.2. The van der Waals surface area contributed by atoms with E-state index in [0.717, 1.165) is 21.9 Å². The van der Waals surface area contributed by atoms with E-state index in [-0.39, 0.29) is 0 Å². The second kappa shape index (κ2) is 7.72. The third-order valence-corrected chi connectivity index (χ3v) is 5.39. The van der Waals surface area contributed by atoms with Crippen LogP contribution in [0.5, 0.6) is 0 Å². The van der Waals surface area contributed by atoms with Crippen molar-refractivity contribution in [2.75, 3.05) is 24.7 Å². The molecule has 0 aliphatic heterocycles. The van der Waals surface area contributed by atoms with Crippen LogP contribution in [0.1, 0.15) is 38.2 Å². The van der Waals surface area contributed by atoms with Crippen LogP contribution in [-0.2, 0) is 0 Å². The van der Waals surface area contributed by atoms with E-state index >= 15 is 0 Å². The molecule has 1 fully saturated rings. The lowest BCUT2D eigenvalue weighted by Crippen LogP contribution is -2.40. The number of thioether (sulfide) groups is 1. The smallest absolute Gasteiger partial charge is 0.103 e. The maximum Gasteiger partial charge on any atom is 0.103 e. The van der Waals surface area contributed by atoms with Crippen LogP contribution in [0.15, 0.2) is 23.1 Å². The van der Waals surface area contributed by atoms with Crippen molar-refractivity contribution in [1.29, 1.82) is 5.26 Å². The fourth-order valence-corrected chi connectivity index (χ4v) is 3.93. The van der Waals surface area contributed by atoms with Crippen molar-refractivity contribution < 1.29 is 0 Å². The molecule has 0 saturated heterocycles. The van der Waals surface area contributed by atoms with E-state index in [1.165, 1.54) is 25.7 Å². The normalized spacial score (nSPS) is 21.8. The molecule has 1 saturated carbocycles. The van der Waals surface area contributed by atoms with E-state index in [1.54, 1.807) is 11.8 Å². The topological polar surface area (TPSA) is 39.1 Å². The van der Waals surface area contributed by atoms with Gasteiger partial charge in [0.25, 0.3) is 0 Å². The van der Waals surface area contributed by atoms with Gasteiger partial charge in [0.05, 0.1) is 11.3 Å². The summed E-state index contributed by atoms with van der Waals surface area (Å²) in [6, 6.07) is 9.83. The monoisotopic (exact) mass is 303 g/mol. The molecule has 1 aliphatic carbocycles. The van der Waals surface area contributed by atoms with E-state index in [4.69, 9.17) is 0 Å². The molecule has 0 bridgehead atoms. The van der Waals surface area contributed by atoms with Gasteiger partial charge >= 0.3 is 0 Å². The molecule has 0 spiro atoms. The molecule has 1 aromatic rings. The number of nitrogens with zero attached hydrogens (tertiary/aromatic N) is 2.